The highest BCUT2D eigenvalue weighted by molar-refractivity contribution is 4.89. The normalized spacial score (nSPS) is 30.3. The van der Waals surface area contributed by atoms with Crippen LogP contribution in [0.15, 0.2) is 0 Å². The highest BCUT2D eigenvalue weighted by Gasteiger charge is 2.25. The Morgan fingerprint density at radius 1 is 0.471 bits per heavy atom. The molecule has 0 radical (unpaired) electrons. The molecule has 202 valence electrons. The van der Waals surface area contributed by atoms with Crippen LogP contribution in [0.4, 0.5) is 0 Å². The Balaban J connectivity index is 2.03. The summed E-state index contributed by atoms with van der Waals surface area (Å²) in [5.41, 5.74) is 17.3. The molecule has 2 fully saturated rings. The number of hydrogen-bond acceptors (Lipinski definition) is 8. The van der Waals surface area contributed by atoms with Gasteiger partial charge in [0.25, 0.3) is 0 Å². The Hall–Kier alpha value is -0.320. The van der Waals surface area contributed by atoms with Gasteiger partial charge < -0.3 is 43.8 Å². The summed E-state index contributed by atoms with van der Waals surface area (Å²) < 4.78 is 0. The third kappa shape index (κ3) is 13.1. The van der Waals surface area contributed by atoms with Crippen molar-refractivity contribution < 1.29 is 0 Å². The van der Waals surface area contributed by atoms with Crippen molar-refractivity contribution in [2.24, 2.45) is 17.2 Å². The van der Waals surface area contributed by atoms with Crippen molar-refractivity contribution >= 4 is 0 Å². The number of nitrogens with two attached hydrogens (primary N) is 3. The first-order valence-electron chi connectivity index (χ1n) is 14.5. The van der Waals surface area contributed by atoms with Crippen molar-refractivity contribution in [1.29, 1.82) is 0 Å². The van der Waals surface area contributed by atoms with Crippen molar-refractivity contribution in [3.8, 4) is 0 Å². The summed E-state index contributed by atoms with van der Waals surface area (Å²) in [6, 6.07) is 2.64. The first-order chi connectivity index (χ1) is 16.8. The summed E-state index contributed by atoms with van der Waals surface area (Å²) in [5, 5.41) is 19.5. The Kier molecular flexibility index (Phi) is 17.4. The van der Waals surface area contributed by atoms with E-state index in [1.807, 2.05) is 0 Å². The molecule has 2 aliphatic rings. The van der Waals surface area contributed by atoms with Gasteiger partial charge in [-0.15, -0.1) is 0 Å². The molecule has 1 aliphatic carbocycles. The van der Waals surface area contributed by atoms with Crippen LogP contribution in [0.25, 0.3) is 0 Å². The summed E-state index contributed by atoms with van der Waals surface area (Å²) in [6.07, 6.45) is 15.7. The van der Waals surface area contributed by atoms with Crippen molar-refractivity contribution in [2.75, 3.05) is 52.4 Å². The van der Waals surface area contributed by atoms with Gasteiger partial charge >= 0.3 is 0 Å². The molecule has 0 aromatic rings. The van der Waals surface area contributed by atoms with Crippen molar-refractivity contribution in [3.63, 3.8) is 0 Å². The number of rotatable bonds is 12. The van der Waals surface area contributed by atoms with Gasteiger partial charge in [-0.3, -0.25) is 0 Å². The van der Waals surface area contributed by atoms with Gasteiger partial charge in [-0.1, -0.05) is 32.1 Å². The smallest absolute Gasteiger partial charge is 0.0221 e. The fourth-order valence-corrected chi connectivity index (χ4v) is 5.50. The fourth-order valence-electron chi connectivity index (χ4n) is 5.50. The average molecular weight is 483 g/mol. The maximum Gasteiger partial charge on any atom is 0.0221 e. The number of fused-ring (bicyclic) bond motifs is 1. The topological polar surface area (TPSA) is 138 Å². The van der Waals surface area contributed by atoms with Crippen LogP contribution in [-0.2, 0) is 0 Å². The molecular formula is C26H58N8. The first kappa shape index (κ1) is 29.9. The molecule has 1 heterocycles. The van der Waals surface area contributed by atoms with Gasteiger partial charge in [0.2, 0.25) is 0 Å². The summed E-state index contributed by atoms with van der Waals surface area (Å²) in [7, 11) is 0. The summed E-state index contributed by atoms with van der Waals surface area (Å²) in [6.45, 7) is 7.49. The molecule has 0 aromatic carbocycles. The zero-order valence-corrected chi connectivity index (χ0v) is 22.0. The quantitative estimate of drug-likeness (QED) is 0.191. The lowest BCUT2D eigenvalue weighted by atomic mass is 9.90. The van der Waals surface area contributed by atoms with E-state index in [-0.39, 0.29) is 0 Å². The molecule has 0 aromatic heterocycles. The second-order valence-electron chi connectivity index (χ2n) is 10.6. The third-order valence-corrected chi connectivity index (χ3v) is 7.68. The highest BCUT2D eigenvalue weighted by atomic mass is 15.1. The van der Waals surface area contributed by atoms with Crippen LogP contribution in [-0.4, -0.2) is 82.6 Å². The van der Waals surface area contributed by atoms with Gasteiger partial charge in [-0.05, 0) is 71.0 Å². The lowest BCUT2D eigenvalue weighted by Gasteiger charge is -2.34. The number of hydrogen-bond donors (Lipinski definition) is 8. The minimum Gasteiger partial charge on any atom is -0.330 e. The molecule has 0 unspecified atom stereocenters. The van der Waals surface area contributed by atoms with Crippen LogP contribution in [0.1, 0.15) is 83.5 Å². The zero-order chi connectivity index (χ0) is 24.3. The fraction of sp³-hybridized carbons (Fsp3) is 1.00. The lowest BCUT2D eigenvalue weighted by Crippen LogP contribution is -2.54. The first-order valence-corrected chi connectivity index (χ1v) is 14.5. The van der Waals surface area contributed by atoms with Crippen LogP contribution in [0.2, 0.25) is 0 Å². The molecule has 34 heavy (non-hydrogen) atoms. The maximum atomic E-state index is 5.79. The Labute approximate surface area is 210 Å². The molecule has 1 aliphatic heterocycles. The van der Waals surface area contributed by atoms with E-state index in [1.165, 1.54) is 64.2 Å². The van der Waals surface area contributed by atoms with E-state index in [4.69, 9.17) is 17.2 Å². The molecule has 1 saturated carbocycles. The Morgan fingerprint density at radius 2 is 0.882 bits per heavy atom. The molecule has 1 saturated heterocycles. The van der Waals surface area contributed by atoms with Crippen molar-refractivity contribution in [1.82, 2.24) is 26.6 Å². The van der Waals surface area contributed by atoms with Crippen molar-refractivity contribution in [3.05, 3.63) is 0 Å². The molecular weight excluding hydrogens is 424 g/mol. The van der Waals surface area contributed by atoms with E-state index < -0.39 is 0 Å². The van der Waals surface area contributed by atoms with Gasteiger partial charge in [-0.25, -0.2) is 0 Å². The van der Waals surface area contributed by atoms with Crippen LogP contribution < -0.4 is 43.8 Å². The lowest BCUT2D eigenvalue weighted by molar-refractivity contribution is 0.271. The molecule has 5 atom stereocenters. The van der Waals surface area contributed by atoms with Crippen LogP contribution >= 0.6 is 0 Å². The highest BCUT2D eigenvalue weighted by Crippen LogP contribution is 2.19. The van der Waals surface area contributed by atoms with E-state index in [2.05, 4.69) is 26.6 Å². The number of unbranched alkanes of at least 4 members (excludes halogenated alkanes) is 3. The van der Waals surface area contributed by atoms with Gasteiger partial charge in [0.05, 0.1) is 0 Å². The summed E-state index contributed by atoms with van der Waals surface area (Å²) in [5.74, 6) is 0. The van der Waals surface area contributed by atoms with Crippen molar-refractivity contribution in [2.45, 2.75) is 114 Å². The van der Waals surface area contributed by atoms with E-state index in [9.17, 15) is 0 Å². The molecule has 0 amide bonds. The predicted octanol–water partition coefficient (Wildman–Crippen LogP) is 0.752. The van der Waals surface area contributed by atoms with Gasteiger partial charge in [0, 0.05) is 62.9 Å². The molecule has 0 spiro atoms. The largest absolute Gasteiger partial charge is 0.330 e. The van der Waals surface area contributed by atoms with Crippen LogP contribution in [0.5, 0.6) is 0 Å². The van der Waals surface area contributed by atoms with E-state index in [0.29, 0.717) is 30.2 Å². The monoisotopic (exact) mass is 482 g/mol. The maximum absolute atomic E-state index is 5.79. The molecule has 0 bridgehead atoms. The third-order valence-electron chi connectivity index (χ3n) is 7.68. The van der Waals surface area contributed by atoms with E-state index in [1.54, 1.807) is 0 Å². The molecule has 11 N–H and O–H groups in total. The molecule has 2 rings (SSSR count). The summed E-state index contributed by atoms with van der Waals surface area (Å²) >= 11 is 0. The zero-order valence-electron chi connectivity index (χ0n) is 22.0. The molecule has 8 heteroatoms. The summed E-state index contributed by atoms with van der Waals surface area (Å²) in [4.78, 5) is 0. The minimum atomic E-state index is 0.480. The second-order valence-corrected chi connectivity index (χ2v) is 10.6. The standard InChI is InChI=1S/C26H58N8/c27-14-6-3-9-22-19-32-23(10-4-7-15-28)20-33-24(11-5-8-16-29)21-34-26-13-2-1-12-25(26)31-18-17-30-22/h22-26,30-34H,1-21,27-29H2/t22-,23+,24-,25+,26+/m0/s1. The second kappa shape index (κ2) is 19.8. The van der Waals surface area contributed by atoms with Gasteiger partial charge in [-0.2, -0.15) is 0 Å². The Bertz CT molecular complexity index is 466. The van der Waals surface area contributed by atoms with Crippen LogP contribution in [0.3, 0.4) is 0 Å². The van der Waals surface area contributed by atoms with E-state index >= 15 is 0 Å². The minimum absolute atomic E-state index is 0.480. The average Bonchev–Trinajstić information content (AvgIpc) is 2.86. The Morgan fingerprint density at radius 3 is 1.38 bits per heavy atom. The SMILES string of the molecule is NCCCC[C@@H]1CN[C@@H](CCCCN)CN[C@@H]2CCCC[C@H]2NCCN[C@@H](CCCCN)CN1. The molecule has 8 nitrogen and oxygen atoms in total. The van der Waals surface area contributed by atoms with Crippen LogP contribution in [0, 0.1) is 0 Å². The number of nitrogens with one attached hydrogen (secondary N) is 5. The van der Waals surface area contributed by atoms with Gasteiger partial charge in [0.15, 0.2) is 0 Å². The predicted molar refractivity (Wildman–Crippen MR) is 146 cm³/mol. The van der Waals surface area contributed by atoms with E-state index in [0.717, 1.165) is 71.6 Å². The van der Waals surface area contributed by atoms with Gasteiger partial charge in [0.1, 0.15) is 0 Å².